The van der Waals surface area contributed by atoms with Crippen LogP contribution in [0.1, 0.15) is 129 Å². The van der Waals surface area contributed by atoms with E-state index in [9.17, 15) is 33.7 Å². The van der Waals surface area contributed by atoms with Gasteiger partial charge < -0.3 is 41.2 Å². The molecule has 8 N–H and O–H groups in total. The van der Waals surface area contributed by atoms with Crippen molar-refractivity contribution < 1.29 is 62.5 Å². The second-order valence-electron chi connectivity index (χ2n) is 15.4. The molecular formula is C49H79N2O13PS. The predicted octanol–water partition coefficient (Wildman–Crippen LogP) is 9.37. The maximum Gasteiger partial charge on any atom is 0.472 e. The van der Waals surface area contributed by atoms with Gasteiger partial charge in [-0.3, -0.25) is 28.2 Å². The summed E-state index contributed by atoms with van der Waals surface area (Å²) in [4.78, 5) is 57.9. The standard InChI is InChI=1S/C49H79N2O13PS/c1-3-5-7-9-11-13-15-17-18-19-20-21-23-25-27-29-31-36-47(55)64-41(38-62-65(59,60)63-39-42(50)48(56)57)37-61-49(58)43(51)40-66-45(44(52)33-32-35-46(53)54)34-30-28-26-24-22-16-14-12-10-8-6-4-2/h11-14,17-18,20-22,24-28,30,34,41-45,52H,3-10,15-16,19,23,29,31-33,35-40,50-51H2,1-2H3,(H,53,54)(H,56,57)(H,59,60)/b13-11-,14-12-,18-17-,21-20-,24-22-,27-25-,28-26+,34-30+/t41-,42+,43+,44+,45-/m1/s1. The molecule has 0 aliphatic rings. The van der Waals surface area contributed by atoms with Crippen LogP contribution in [-0.4, -0.2) is 99.2 Å². The van der Waals surface area contributed by atoms with E-state index < -0.39 is 81.1 Å². The molecule has 0 rings (SSSR count). The van der Waals surface area contributed by atoms with Gasteiger partial charge in [-0.25, -0.2) is 4.57 Å². The van der Waals surface area contributed by atoms with E-state index in [1.165, 1.54) is 50.3 Å². The topological polar surface area (TPSA) is 255 Å². The van der Waals surface area contributed by atoms with Crippen LogP contribution in [0.25, 0.3) is 0 Å². The highest BCUT2D eigenvalue weighted by molar-refractivity contribution is 8.00. The number of hydrogen-bond acceptors (Lipinski definition) is 13. The minimum absolute atomic E-state index is 0.0139. The average Bonchev–Trinajstić information content (AvgIpc) is 3.28. The Balaban J connectivity index is 5.32. The van der Waals surface area contributed by atoms with Gasteiger partial charge in [0.2, 0.25) is 0 Å². The molecule has 15 nitrogen and oxygen atoms in total. The third-order valence-corrected chi connectivity index (χ3v) is 11.7. The first-order chi connectivity index (χ1) is 31.7. The van der Waals surface area contributed by atoms with Crippen LogP contribution in [0.4, 0.5) is 0 Å². The van der Waals surface area contributed by atoms with Crippen molar-refractivity contribution in [3.8, 4) is 0 Å². The molecule has 1 unspecified atom stereocenters. The summed E-state index contributed by atoms with van der Waals surface area (Å²) in [5.41, 5.74) is 11.5. The number of phosphoric ester groups is 1. The van der Waals surface area contributed by atoms with Crippen molar-refractivity contribution in [2.75, 3.05) is 25.6 Å². The summed E-state index contributed by atoms with van der Waals surface area (Å²) in [6.45, 7) is 2.15. The molecule has 0 saturated carbocycles. The second kappa shape index (κ2) is 42.5. The molecule has 0 aliphatic heterocycles. The molecule has 66 heavy (non-hydrogen) atoms. The van der Waals surface area contributed by atoms with Crippen molar-refractivity contribution in [1.29, 1.82) is 0 Å². The lowest BCUT2D eigenvalue weighted by Gasteiger charge is -2.22. The first kappa shape index (κ1) is 62.1. The molecule has 0 heterocycles. The van der Waals surface area contributed by atoms with Gasteiger partial charge in [0.25, 0.3) is 0 Å². The Labute approximate surface area is 397 Å². The number of aliphatic carboxylic acids is 2. The summed E-state index contributed by atoms with van der Waals surface area (Å²) < 4.78 is 32.8. The normalized spacial score (nSPS) is 15.8. The van der Waals surface area contributed by atoms with Gasteiger partial charge in [0.05, 0.1) is 19.3 Å². The van der Waals surface area contributed by atoms with E-state index >= 15 is 0 Å². The van der Waals surface area contributed by atoms with Crippen LogP contribution >= 0.6 is 19.6 Å². The number of carboxylic acids is 2. The zero-order chi connectivity index (χ0) is 49.1. The molecule has 6 atom stereocenters. The lowest BCUT2D eigenvalue weighted by molar-refractivity contribution is -0.161. The molecule has 0 aromatic heterocycles. The Morgan fingerprint density at radius 1 is 0.636 bits per heavy atom. The second-order valence-corrected chi connectivity index (χ2v) is 18.1. The van der Waals surface area contributed by atoms with Crippen LogP contribution in [0.5, 0.6) is 0 Å². The highest BCUT2D eigenvalue weighted by Gasteiger charge is 2.29. The fraction of sp³-hybridized carbons (Fsp3) is 0.592. The molecule has 0 radical (unpaired) electrons. The molecule has 0 aliphatic carbocycles. The van der Waals surface area contributed by atoms with Gasteiger partial charge >= 0.3 is 31.7 Å². The Bertz CT molecular complexity index is 1610. The number of aliphatic hydroxyl groups is 1. The van der Waals surface area contributed by atoms with Crippen molar-refractivity contribution in [3.63, 3.8) is 0 Å². The first-order valence-electron chi connectivity index (χ1n) is 23.2. The maximum atomic E-state index is 13.0. The number of hydrogen-bond donors (Lipinski definition) is 6. The van der Waals surface area contributed by atoms with E-state index in [2.05, 4.69) is 67.0 Å². The van der Waals surface area contributed by atoms with Gasteiger partial charge in [-0.15, -0.1) is 11.8 Å². The van der Waals surface area contributed by atoms with Crippen molar-refractivity contribution in [2.24, 2.45) is 11.5 Å². The number of thioether (sulfide) groups is 1. The van der Waals surface area contributed by atoms with E-state index in [0.717, 1.165) is 38.5 Å². The van der Waals surface area contributed by atoms with Crippen molar-refractivity contribution in [1.82, 2.24) is 0 Å². The van der Waals surface area contributed by atoms with Crippen LogP contribution in [0.3, 0.4) is 0 Å². The Morgan fingerprint density at radius 3 is 1.73 bits per heavy atom. The molecule has 374 valence electrons. The molecule has 0 saturated heterocycles. The van der Waals surface area contributed by atoms with Crippen LogP contribution in [-0.2, 0) is 42.3 Å². The minimum Gasteiger partial charge on any atom is -0.481 e. The van der Waals surface area contributed by atoms with E-state index in [-0.39, 0.29) is 31.4 Å². The number of carbonyl (C=O) groups excluding carboxylic acids is 2. The molecule has 0 fully saturated rings. The highest BCUT2D eigenvalue weighted by Crippen LogP contribution is 2.43. The summed E-state index contributed by atoms with van der Waals surface area (Å²) in [5, 5.41) is 28.3. The van der Waals surface area contributed by atoms with Crippen LogP contribution in [0.15, 0.2) is 97.2 Å². The van der Waals surface area contributed by atoms with E-state index in [1.54, 1.807) is 18.2 Å². The van der Waals surface area contributed by atoms with Crippen molar-refractivity contribution in [3.05, 3.63) is 97.2 Å². The first-order valence-corrected chi connectivity index (χ1v) is 25.7. The zero-order valence-corrected chi connectivity index (χ0v) is 40.9. The summed E-state index contributed by atoms with van der Waals surface area (Å²) in [7, 11) is -4.87. The predicted molar refractivity (Wildman–Crippen MR) is 264 cm³/mol. The van der Waals surface area contributed by atoms with Gasteiger partial charge in [0.15, 0.2) is 6.10 Å². The van der Waals surface area contributed by atoms with Crippen molar-refractivity contribution in [2.45, 2.75) is 159 Å². The van der Waals surface area contributed by atoms with Gasteiger partial charge in [-0.1, -0.05) is 137 Å². The molecule has 0 bridgehead atoms. The minimum atomic E-state index is -4.87. The zero-order valence-electron chi connectivity index (χ0n) is 39.2. The summed E-state index contributed by atoms with van der Waals surface area (Å²) >= 11 is 1.17. The van der Waals surface area contributed by atoms with Crippen LogP contribution in [0, 0.1) is 0 Å². The van der Waals surface area contributed by atoms with Crippen LogP contribution in [0.2, 0.25) is 0 Å². The molecule has 0 aromatic carbocycles. The number of allylic oxidation sites excluding steroid dienone is 15. The number of phosphoric acid groups is 1. The number of ether oxygens (including phenoxy) is 2. The van der Waals surface area contributed by atoms with Gasteiger partial charge in [-0.05, 0) is 77.0 Å². The summed E-state index contributed by atoms with van der Waals surface area (Å²) in [6, 6.07) is -2.82. The Kier molecular flexibility index (Phi) is 40.0. The number of esters is 2. The Hall–Kier alpha value is -3.86. The number of rotatable bonds is 42. The fourth-order valence-electron chi connectivity index (χ4n) is 5.50. The molecule has 0 aromatic rings. The van der Waals surface area contributed by atoms with Crippen molar-refractivity contribution >= 4 is 43.5 Å². The lowest BCUT2D eigenvalue weighted by atomic mass is 10.1. The molecule has 17 heteroatoms. The quantitative estimate of drug-likeness (QED) is 0.0109. The smallest absolute Gasteiger partial charge is 0.472 e. The molecule has 0 amide bonds. The van der Waals surface area contributed by atoms with Crippen LogP contribution < -0.4 is 11.5 Å². The fourth-order valence-corrected chi connectivity index (χ4v) is 7.40. The summed E-state index contributed by atoms with van der Waals surface area (Å²) in [6.07, 6.45) is 43.9. The number of aliphatic hydroxyl groups excluding tert-OH is 1. The monoisotopic (exact) mass is 967 g/mol. The maximum absolute atomic E-state index is 13.0. The summed E-state index contributed by atoms with van der Waals surface area (Å²) in [5.74, 6) is -4.05. The van der Waals surface area contributed by atoms with Gasteiger partial charge in [0, 0.05) is 23.8 Å². The third kappa shape index (κ3) is 39.3. The number of carboxylic acid groups (broad SMARTS) is 2. The molecule has 0 spiro atoms. The van der Waals surface area contributed by atoms with E-state index in [0.29, 0.717) is 12.8 Å². The number of nitrogens with two attached hydrogens (primary N) is 2. The number of unbranched alkanes of at least 4 members (excludes halogenated alkanes) is 7. The number of carbonyl (C=O) groups is 4. The Morgan fingerprint density at radius 2 is 1.17 bits per heavy atom. The largest absolute Gasteiger partial charge is 0.481 e. The van der Waals surface area contributed by atoms with E-state index in [4.69, 9.17) is 35.7 Å². The van der Waals surface area contributed by atoms with Gasteiger partial charge in [-0.2, -0.15) is 0 Å². The third-order valence-electron chi connectivity index (χ3n) is 9.30. The molecular weight excluding hydrogens is 888 g/mol. The average molecular weight is 967 g/mol. The SMILES string of the molecule is CCCCC/C=C\C\C=C/C=C/C=C/[C@@H](SC[C@H](N)C(=O)OC[C@H](COP(=O)(O)OC[C@H](N)C(=O)O)OC(=O)CCC/C=C\C/C=C\C/C=C\C/C=C\CCCCC)[C@@H](O)CCCC(=O)O. The van der Waals surface area contributed by atoms with Gasteiger partial charge in [0.1, 0.15) is 18.7 Å². The highest BCUT2D eigenvalue weighted by atomic mass is 32.2. The lowest BCUT2D eigenvalue weighted by Crippen LogP contribution is -2.38. The van der Waals surface area contributed by atoms with E-state index in [1.807, 2.05) is 30.4 Å².